The van der Waals surface area contributed by atoms with Gasteiger partial charge in [0.2, 0.25) is 0 Å². The maximum atomic E-state index is 5.57. The van der Waals surface area contributed by atoms with Gasteiger partial charge in [-0.1, -0.05) is 30.3 Å². The third-order valence-electron chi connectivity index (χ3n) is 3.32. The Morgan fingerprint density at radius 2 is 1.93 bits per heavy atom. The highest BCUT2D eigenvalue weighted by molar-refractivity contribution is 5.31. The zero-order valence-electron chi connectivity index (χ0n) is 9.45. The van der Waals surface area contributed by atoms with Crippen molar-refractivity contribution >= 4 is 0 Å². The normalized spacial score (nSPS) is 18.1. The summed E-state index contributed by atoms with van der Waals surface area (Å²) < 4.78 is 0. The molecule has 0 unspecified atom stereocenters. The molecule has 1 aliphatic rings. The lowest BCUT2D eigenvalue weighted by Gasteiger charge is -2.23. The van der Waals surface area contributed by atoms with Crippen molar-refractivity contribution in [2.24, 2.45) is 5.73 Å². The van der Waals surface area contributed by atoms with E-state index in [1.807, 2.05) is 0 Å². The topological polar surface area (TPSA) is 29.3 Å². The predicted molar refractivity (Wildman–Crippen MR) is 63.9 cm³/mol. The van der Waals surface area contributed by atoms with E-state index >= 15 is 0 Å². The van der Waals surface area contributed by atoms with E-state index in [-0.39, 0.29) is 0 Å². The molecular weight excluding hydrogens is 184 g/mol. The lowest BCUT2D eigenvalue weighted by molar-refractivity contribution is 0.310. The Morgan fingerprint density at radius 1 is 1.27 bits per heavy atom. The second-order valence-electron chi connectivity index (χ2n) is 4.67. The Kier molecular flexibility index (Phi) is 3.08. The molecular formula is C13H20N2. The number of rotatable bonds is 5. The maximum Gasteiger partial charge on any atom is 0.0102 e. The van der Waals surface area contributed by atoms with E-state index in [1.54, 1.807) is 0 Å². The molecule has 2 rings (SSSR count). The smallest absolute Gasteiger partial charge is 0.0102 e. The molecule has 0 bridgehead atoms. The van der Waals surface area contributed by atoms with Crippen LogP contribution in [-0.2, 0) is 5.41 Å². The molecule has 0 saturated heterocycles. The lowest BCUT2D eigenvalue weighted by atomic mass is 9.95. The van der Waals surface area contributed by atoms with Gasteiger partial charge in [0.15, 0.2) is 0 Å². The first-order valence-corrected chi connectivity index (χ1v) is 5.71. The van der Waals surface area contributed by atoms with Crippen LogP contribution >= 0.6 is 0 Å². The summed E-state index contributed by atoms with van der Waals surface area (Å²) in [5, 5.41) is 0. The third-order valence-corrected chi connectivity index (χ3v) is 3.32. The monoisotopic (exact) mass is 204 g/mol. The molecule has 1 aliphatic carbocycles. The van der Waals surface area contributed by atoms with Crippen LogP contribution in [-0.4, -0.2) is 31.6 Å². The van der Waals surface area contributed by atoms with Crippen LogP contribution in [0.2, 0.25) is 0 Å². The van der Waals surface area contributed by atoms with E-state index < -0.39 is 0 Å². The van der Waals surface area contributed by atoms with E-state index in [1.165, 1.54) is 18.4 Å². The molecule has 1 fully saturated rings. The Balaban J connectivity index is 2.02. The molecule has 1 aromatic carbocycles. The van der Waals surface area contributed by atoms with Gasteiger partial charge in [0, 0.05) is 25.0 Å². The van der Waals surface area contributed by atoms with Crippen LogP contribution < -0.4 is 5.73 Å². The molecule has 0 aliphatic heterocycles. The summed E-state index contributed by atoms with van der Waals surface area (Å²) in [6.07, 6.45) is 2.65. The molecule has 1 saturated carbocycles. The van der Waals surface area contributed by atoms with Gasteiger partial charge in [-0.05, 0) is 25.5 Å². The summed E-state index contributed by atoms with van der Waals surface area (Å²) in [6.45, 7) is 2.89. The zero-order valence-corrected chi connectivity index (χ0v) is 9.45. The average molecular weight is 204 g/mol. The molecule has 82 valence electrons. The van der Waals surface area contributed by atoms with Crippen LogP contribution in [0.3, 0.4) is 0 Å². The first-order chi connectivity index (χ1) is 7.27. The van der Waals surface area contributed by atoms with Crippen molar-refractivity contribution in [1.29, 1.82) is 0 Å². The summed E-state index contributed by atoms with van der Waals surface area (Å²) in [6, 6.07) is 10.9. The van der Waals surface area contributed by atoms with Gasteiger partial charge < -0.3 is 10.6 Å². The van der Waals surface area contributed by atoms with Gasteiger partial charge in [0.25, 0.3) is 0 Å². The maximum absolute atomic E-state index is 5.57. The van der Waals surface area contributed by atoms with Crippen molar-refractivity contribution in [3.05, 3.63) is 35.9 Å². The Bertz CT molecular complexity index is 304. The highest BCUT2D eigenvalue weighted by atomic mass is 15.1. The molecule has 0 radical (unpaired) electrons. The van der Waals surface area contributed by atoms with E-state index in [0.29, 0.717) is 5.41 Å². The molecule has 0 aromatic heterocycles. The van der Waals surface area contributed by atoms with Gasteiger partial charge in [-0.3, -0.25) is 0 Å². The highest BCUT2D eigenvalue weighted by Crippen LogP contribution is 2.48. The first kappa shape index (κ1) is 10.7. The van der Waals surface area contributed by atoms with Crippen LogP contribution in [0.1, 0.15) is 18.4 Å². The third kappa shape index (κ3) is 2.39. The van der Waals surface area contributed by atoms with Gasteiger partial charge in [-0.25, -0.2) is 0 Å². The molecule has 15 heavy (non-hydrogen) atoms. The fourth-order valence-corrected chi connectivity index (χ4v) is 2.30. The standard InChI is InChI=1S/C13H20N2/c1-15(10-9-14)11-13(7-8-13)12-5-3-2-4-6-12/h2-6H,7-11,14H2,1H3. The van der Waals surface area contributed by atoms with Crippen molar-refractivity contribution < 1.29 is 0 Å². The predicted octanol–water partition coefficient (Wildman–Crippen LogP) is 1.61. The summed E-state index contributed by atoms with van der Waals surface area (Å²) in [5.41, 5.74) is 7.50. The number of nitrogens with zero attached hydrogens (tertiary/aromatic N) is 1. The van der Waals surface area contributed by atoms with Crippen LogP contribution in [0.25, 0.3) is 0 Å². The number of likely N-dealkylation sites (N-methyl/N-ethyl adjacent to an activating group) is 1. The summed E-state index contributed by atoms with van der Waals surface area (Å²) in [7, 11) is 2.16. The van der Waals surface area contributed by atoms with E-state index in [9.17, 15) is 0 Å². The van der Waals surface area contributed by atoms with Crippen molar-refractivity contribution in [2.45, 2.75) is 18.3 Å². The molecule has 2 nitrogen and oxygen atoms in total. The van der Waals surface area contributed by atoms with Crippen LogP contribution in [0.4, 0.5) is 0 Å². The number of nitrogens with two attached hydrogens (primary N) is 1. The van der Waals surface area contributed by atoms with Crippen molar-refractivity contribution in [1.82, 2.24) is 4.90 Å². The Morgan fingerprint density at radius 3 is 2.47 bits per heavy atom. The zero-order chi connectivity index (χ0) is 10.7. The first-order valence-electron chi connectivity index (χ1n) is 5.71. The Labute approximate surface area is 92.1 Å². The molecule has 2 N–H and O–H groups in total. The van der Waals surface area contributed by atoms with Gasteiger partial charge >= 0.3 is 0 Å². The molecule has 0 heterocycles. The minimum atomic E-state index is 0.436. The summed E-state index contributed by atoms with van der Waals surface area (Å²) in [4.78, 5) is 2.35. The quantitative estimate of drug-likeness (QED) is 0.789. The van der Waals surface area contributed by atoms with Crippen molar-refractivity contribution in [3.8, 4) is 0 Å². The molecule has 0 atom stereocenters. The summed E-state index contributed by atoms with van der Waals surface area (Å²) >= 11 is 0. The minimum Gasteiger partial charge on any atom is -0.329 e. The number of benzene rings is 1. The van der Waals surface area contributed by atoms with Crippen LogP contribution in [0.5, 0.6) is 0 Å². The highest BCUT2D eigenvalue weighted by Gasteiger charge is 2.44. The average Bonchev–Trinajstić information content (AvgIpc) is 3.01. The van der Waals surface area contributed by atoms with Crippen LogP contribution in [0.15, 0.2) is 30.3 Å². The van der Waals surface area contributed by atoms with Gasteiger partial charge in [0.1, 0.15) is 0 Å². The van der Waals surface area contributed by atoms with Gasteiger partial charge in [0.05, 0.1) is 0 Å². The summed E-state index contributed by atoms with van der Waals surface area (Å²) in [5.74, 6) is 0. The Hall–Kier alpha value is -0.860. The van der Waals surface area contributed by atoms with Crippen molar-refractivity contribution in [3.63, 3.8) is 0 Å². The fourth-order valence-electron chi connectivity index (χ4n) is 2.30. The fraction of sp³-hybridized carbons (Fsp3) is 0.538. The molecule has 1 aromatic rings. The second-order valence-corrected chi connectivity index (χ2v) is 4.67. The largest absolute Gasteiger partial charge is 0.329 e. The van der Waals surface area contributed by atoms with E-state index in [4.69, 9.17) is 5.73 Å². The SMILES string of the molecule is CN(CCN)CC1(c2ccccc2)CC1. The van der Waals surface area contributed by atoms with Crippen molar-refractivity contribution in [2.75, 3.05) is 26.7 Å². The molecule has 0 amide bonds. The van der Waals surface area contributed by atoms with E-state index in [2.05, 4.69) is 42.3 Å². The van der Waals surface area contributed by atoms with Gasteiger partial charge in [-0.15, -0.1) is 0 Å². The molecule has 0 spiro atoms. The second kappa shape index (κ2) is 4.33. The number of hydrogen-bond donors (Lipinski definition) is 1. The minimum absolute atomic E-state index is 0.436. The van der Waals surface area contributed by atoms with E-state index in [0.717, 1.165) is 19.6 Å². The van der Waals surface area contributed by atoms with Gasteiger partial charge in [-0.2, -0.15) is 0 Å². The number of hydrogen-bond acceptors (Lipinski definition) is 2. The van der Waals surface area contributed by atoms with Crippen LogP contribution in [0, 0.1) is 0 Å². The lowest BCUT2D eigenvalue weighted by Crippen LogP contribution is -2.33. The molecule has 2 heteroatoms.